The molecule has 0 unspecified atom stereocenters. The fourth-order valence-corrected chi connectivity index (χ4v) is 2.65. The van der Waals surface area contributed by atoms with Gasteiger partial charge in [0, 0.05) is 23.6 Å². The fraction of sp³-hybridized carbons (Fsp3) is 0.200. The molecule has 6 nitrogen and oxygen atoms in total. The van der Waals surface area contributed by atoms with Crippen LogP contribution in [0, 0.1) is 6.92 Å². The van der Waals surface area contributed by atoms with E-state index in [0.29, 0.717) is 22.8 Å². The van der Waals surface area contributed by atoms with Crippen molar-refractivity contribution in [3.63, 3.8) is 0 Å². The highest BCUT2D eigenvalue weighted by molar-refractivity contribution is 5.96. The van der Waals surface area contributed by atoms with E-state index in [0.717, 1.165) is 11.1 Å². The summed E-state index contributed by atoms with van der Waals surface area (Å²) in [6.07, 6.45) is 0.0358. The van der Waals surface area contributed by atoms with Gasteiger partial charge in [0.1, 0.15) is 11.4 Å². The third kappa shape index (κ3) is 3.54. The van der Waals surface area contributed by atoms with Crippen molar-refractivity contribution < 1.29 is 23.9 Å². The third-order valence-corrected chi connectivity index (χ3v) is 4.05. The fourth-order valence-electron chi connectivity index (χ4n) is 2.65. The van der Waals surface area contributed by atoms with E-state index in [1.165, 1.54) is 0 Å². The van der Waals surface area contributed by atoms with E-state index in [2.05, 4.69) is 5.16 Å². The van der Waals surface area contributed by atoms with Crippen LogP contribution < -0.4 is 9.47 Å². The van der Waals surface area contributed by atoms with Crippen LogP contribution in [0.3, 0.4) is 0 Å². The largest absolute Gasteiger partial charge is 0.508 e. The van der Waals surface area contributed by atoms with Crippen LogP contribution in [0.1, 0.15) is 21.7 Å². The molecular formula is C20H19NO5. The van der Waals surface area contributed by atoms with Crippen LogP contribution >= 0.6 is 0 Å². The summed E-state index contributed by atoms with van der Waals surface area (Å²) in [4.78, 5) is 12.5. The minimum absolute atomic E-state index is 0.0358. The van der Waals surface area contributed by atoms with Crippen molar-refractivity contribution in [3.05, 3.63) is 59.4 Å². The van der Waals surface area contributed by atoms with Gasteiger partial charge in [-0.15, -0.1) is 0 Å². The molecule has 0 aliphatic rings. The number of hydrogen-bond acceptors (Lipinski definition) is 6. The van der Waals surface area contributed by atoms with Gasteiger partial charge >= 0.3 is 0 Å². The molecule has 1 aromatic heterocycles. The lowest BCUT2D eigenvalue weighted by atomic mass is 10.0. The molecule has 3 aromatic rings. The van der Waals surface area contributed by atoms with Crippen molar-refractivity contribution in [2.75, 3.05) is 14.2 Å². The van der Waals surface area contributed by atoms with E-state index in [1.54, 1.807) is 56.7 Å². The number of phenolic OH excluding ortho intramolecular Hbond substituents is 1. The predicted octanol–water partition coefficient (Wildman–Crippen LogP) is 3.80. The van der Waals surface area contributed by atoms with Gasteiger partial charge in [0.15, 0.2) is 11.5 Å². The number of Topliss-reactive ketones (excluding diaryl/α,β-unsaturated/α-hetero) is 1. The van der Waals surface area contributed by atoms with Crippen LogP contribution in [0.5, 0.6) is 17.2 Å². The van der Waals surface area contributed by atoms with Gasteiger partial charge in [-0.1, -0.05) is 22.9 Å². The zero-order valence-corrected chi connectivity index (χ0v) is 14.8. The lowest BCUT2D eigenvalue weighted by Crippen LogP contribution is -2.02. The number of phenols is 1. The topological polar surface area (TPSA) is 81.8 Å². The molecule has 0 aliphatic heterocycles. The Hall–Kier alpha value is -3.28. The number of methoxy groups -OCH3 is 2. The van der Waals surface area contributed by atoms with Gasteiger partial charge in [-0.25, -0.2) is 0 Å². The number of nitrogens with zero attached hydrogens (tertiary/aromatic N) is 1. The first-order chi connectivity index (χ1) is 12.5. The van der Waals surface area contributed by atoms with Crippen LogP contribution in [0.2, 0.25) is 0 Å². The summed E-state index contributed by atoms with van der Waals surface area (Å²) in [6.45, 7) is 1.90. The van der Waals surface area contributed by atoms with Crippen LogP contribution in [-0.4, -0.2) is 30.3 Å². The number of benzene rings is 2. The highest BCUT2D eigenvalue weighted by Gasteiger charge is 2.17. The Morgan fingerprint density at radius 3 is 2.58 bits per heavy atom. The van der Waals surface area contributed by atoms with E-state index in [-0.39, 0.29) is 23.7 Å². The van der Waals surface area contributed by atoms with Gasteiger partial charge in [0.2, 0.25) is 11.5 Å². The Morgan fingerprint density at radius 2 is 1.85 bits per heavy atom. The van der Waals surface area contributed by atoms with Gasteiger partial charge in [-0.3, -0.25) is 4.79 Å². The highest BCUT2D eigenvalue weighted by Crippen LogP contribution is 2.32. The summed E-state index contributed by atoms with van der Waals surface area (Å²) in [5.41, 5.74) is 2.78. The lowest BCUT2D eigenvalue weighted by molar-refractivity contribution is 0.0956. The van der Waals surface area contributed by atoms with Crippen LogP contribution in [0.25, 0.3) is 11.3 Å². The van der Waals surface area contributed by atoms with Crippen molar-refractivity contribution in [2.45, 2.75) is 13.3 Å². The molecule has 0 radical (unpaired) electrons. The highest BCUT2D eigenvalue weighted by atomic mass is 16.5. The molecule has 1 N–H and O–H groups in total. The third-order valence-electron chi connectivity index (χ3n) is 4.05. The molecule has 0 fully saturated rings. The van der Waals surface area contributed by atoms with Crippen LogP contribution in [0.4, 0.5) is 0 Å². The molecule has 0 aliphatic carbocycles. The van der Waals surface area contributed by atoms with Crippen molar-refractivity contribution in [1.82, 2.24) is 5.16 Å². The monoisotopic (exact) mass is 353 g/mol. The van der Waals surface area contributed by atoms with Crippen LogP contribution in [0.15, 0.2) is 47.0 Å². The summed E-state index contributed by atoms with van der Waals surface area (Å²) in [6, 6.07) is 12.0. The molecule has 0 bridgehead atoms. The number of aryl methyl sites for hydroxylation is 1. The minimum atomic E-state index is -0.259. The number of rotatable bonds is 6. The molecule has 0 atom stereocenters. The molecule has 0 saturated heterocycles. The molecule has 3 rings (SSSR count). The second-order valence-electron chi connectivity index (χ2n) is 5.88. The predicted molar refractivity (Wildman–Crippen MR) is 95.9 cm³/mol. The van der Waals surface area contributed by atoms with Gasteiger partial charge in [0.05, 0.1) is 14.2 Å². The van der Waals surface area contributed by atoms with Gasteiger partial charge in [-0.2, -0.15) is 0 Å². The Balaban J connectivity index is 1.83. The molecule has 0 saturated carbocycles. The number of aromatic nitrogens is 1. The first-order valence-corrected chi connectivity index (χ1v) is 8.02. The summed E-state index contributed by atoms with van der Waals surface area (Å²) < 4.78 is 15.7. The van der Waals surface area contributed by atoms with E-state index >= 15 is 0 Å². The van der Waals surface area contributed by atoms with E-state index in [4.69, 9.17) is 14.0 Å². The Morgan fingerprint density at radius 1 is 1.08 bits per heavy atom. The Kier molecular flexibility index (Phi) is 4.93. The summed E-state index contributed by atoms with van der Waals surface area (Å²) in [5, 5.41) is 13.9. The van der Waals surface area contributed by atoms with Gasteiger partial charge in [0.25, 0.3) is 0 Å². The summed E-state index contributed by atoms with van der Waals surface area (Å²) in [5.74, 6) is 1.13. The van der Waals surface area contributed by atoms with Crippen molar-refractivity contribution in [2.24, 2.45) is 0 Å². The van der Waals surface area contributed by atoms with Crippen molar-refractivity contribution >= 4 is 5.78 Å². The van der Waals surface area contributed by atoms with E-state index in [9.17, 15) is 9.90 Å². The molecule has 1 heterocycles. The van der Waals surface area contributed by atoms with Crippen LogP contribution in [-0.2, 0) is 6.42 Å². The second-order valence-corrected chi connectivity index (χ2v) is 5.88. The van der Waals surface area contributed by atoms with Crippen molar-refractivity contribution in [1.29, 1.82) is 0 Å². The minimum Gasteiger partial charge on any atom is -0.508 e. The van der Waals surface area contributed by atoms with Crippen molar-refractivity contribution in [3.8, 4) is 28.5 Å². The Labute approximate surface area is 151 Å². The van der Waals surface area contributed by atoms with Gasteiger partial charge in [-0.05, 0) is 31.2 Å². The molecular weight excluding hydrogens is 334 g/mol. The molecule has 134 valence electrons. The molecule has 6 heteroatoms. The second kappa shape index (κ2) is 7.31. The number of ketones is 1. The molecule has 0 spiro atoms. The molecule has 26 heavy (non-hydrogen) atoms. The van der Waals surface area contributed by atoms with E-state index < -0.39 is 0 Å². The first kappa shape index (κ1) is 17.5. The number of carbonyl (C=O) groups is 1. The standard InChI is InChI=1S/C20H19NO5/c1-12-4-6-16(22)14(8-12)9-17(23)19-11-15(21-26-19)13-5-7-18(24-2)20(10-13)25-3/h4-8,10-11,22H,9H2,1-3H3. The maximum Gasteiger partial charge on any atom is 0.205 e. The Bertz CT molecular complexity index is 945. The number of hydrogen-bond donors (Lipinski definition) is 1. The lowest BCUT2D eigenvalue weighted by Gasteiger charge is -2.07. The zero-order chi connectivity index (χ0) is 18.7. The van der Waals surface area contributed by atoms with E-state index in [1.807, 2.05) is 6.92 Å². The zero-order valence-electron chi connectivity index (χ0n) is 14.8. The summed E-state index contributed by atoms with van der Waals surface area (Å²) >= 11 is 0. The smallest absolute Gasteiger partial charge is 0.205 e. The SMILES string of the molecule is COc1ccc(-c2cc(C(=O)Cc3cc(C)ccc3O)on2)cc1OC. The molecule has 0 amide bonds. The average molecular weight is 353 g/mol. The first-order valence-electron chi connectivity index (χ1n) is 8.02. The summed E-state index contributed by atoms with van der Waals surface area (Å²) in [7, 11) is 3.11. The quantitative estimate of drug-likeness (QED) is 0.679. The maximum absolute atomic E-state index is 12.5. The normalized spacial score (nSPS) is 10.6. The maximum atomic E-state index is 12.5. The molecule has 2 aromatic carbocycles. The number of aromatic hydroxyl groups is 1. The number of carbonyl (C=O) groups excluding carboxylic acids is 1. The number of ether oxygens (including phenoxy) is 2. The van der Waals surface area contributed by atoms with Gasteiger partial charge < -0.3 is 19.1 Å². The average Bonchev–Trinajstić information content (AvgIpc) is 3.14.